The van der Waals surface area contributed by atoms with Crippen LogP contribution < -0.4 is 0 Å². The van der Waals surface area contributed by atoms with E-state index in [0.29, 0.717) is 17.2 Å². The summed E-state index contributed by atoms with van der Waals surface area (Å²) in [4.78, 5) is 0. The number of benzene rings is 3. The van der Waals surface area contributed by atoms with Gasteiger partial charge in [0.05, 0.1) is 0 Å². The maximum Gasteiger partial charge on any atom is 0.121 e. The number of aromatic hydroxyl groups is 3. The highest BCUT2D eigenvalue weighted by Crippen LogP contribution is 2.40. The van der Waals surface area contributed by atoms with Gasteiger partial charge in [-0.05, 0) is 151 Å². The van der Waals surface area contributed by atoms with Crippen molar-refractivity contribution in [1.82, 2.24) is 0 Å². The molecule has 222 valence electrons. The summed E-state index contributed by atoms with van der Waals surface area (Å²) in [5.41, 5.74) is 18.0. The summed E-state index contributed by atoms with van der Waals surface area (Å²) in [5.74, 6) is 1.17. The van der Waals surface area contributed by atoms with Gasteiger partial charge in [-0.25, -0.2) is 0 Å². The molecule has 1 saturated carbocycles. The summed E-state index contributed by atoms with van der Waals surface area (Å²) in [6, 6.07) is 12.7. The van der Waals surface area contributed by atoms with E-state index in [9.17, 15) is 15.3 Å². The maximum absolute atomic E-state index is 10.3. The van der Waals surface area contributed by atoms with Gasteiger partial charge in [-0.15, -0.1) is 0 Å². The van der Waals surface area contributed by atoms with Crippen molar-refractivity contribution in [3.63, 3.8) is 0 Å². The van der Waals surface area contributed by atoms with Crippen LogP contribution >= 0.6 is 0 Å². The summed E-state index contributed by atoms with van der Waals surface area (Å²) in [6.07, 6.45) is 5.59. The highest BCUT2D eigenvalue weighted by Gasteiger charge is 2.21. The first-order chi connectivity index (χ1) is 19.7. The van der Waals surface area contributed by atoms with E-state index in [1.165, 1.54) is 50.1 Å². The molecular weight excluding hydrogens is 516 g/mol. The van der Waals surface area contributed by atoms with Crippen molar-refractivity contribution in [2.75, 3.05) is 0 Å². The normalized spacial score (nSPS) is 13.5. The van der Waals surface area contributed by atoms with Crippen molar-refractivity contribution in [2.45, 2.75) is 101 Å². The van der Waals surface area contributed by atoms with Crippen LogP contribution in [-0.2, 0) is 19.3 Å². The Morgan fingerprint density at radius 2 is 0.619 bits per heavy atom. The van der Waals surface area contributed by atoms with Crippen molar-refractivity contribution in [3.05, 3.63) is 120 Å². The summed E-state index contributed by atoms with van der Waals surface area (Å²) in [5, 5.41) is 30.9. The minimum absolute atomic E-state index is 0.391. The van der Waals surface area contributed by atoms with Crippen molar-refractivity contribution in [2.24, 2.45) is 0 Å². The van der Waals surface area contributed by atoms with E-state index >= 15 is 0 Å². The quantitative estimate of drug-likeness (QED) is 0.261. The van der Waals surface area contributed by atoms with Gasteiger partial charge >= 0.3 is 0 Å². The molecule has 0 unspecified atom stereocenters. The summed E-state index contributed by atoms with van der Waals surface area (Å²) in [7, 11) is 0. The zero-order valence-corrected chi connectivity index (χ0v) is 27.0. The number of allylic oxidation sites excluding steroid dienone is 6. The fourth-order valence-corrected chi connectivity index (χ4v) is 6.60. The molecule has 1 aliphatic rings. The molecule has 0 aliphatic heterocycles. The molecule has 3 heteroatoms. The maximum atomic E-state index is 10.3. The van der Waals surface area contributed by atoms with E-state index in [4.69, 9.17) is 0 Å². The molecule has 0 amide bonds. The lowest BCUT2D eigenvalue weighted by molar-refractivity contribution is 0.466. The van der Waals surface area contributed by atoms with Gasteiger partial charge in [0.2, 0.25) is 0 Å². The van der Waals surface area contributed by atoms with E-state index in [1.807, 2.05) is 41.5 Å². The lowest BCUT2D eigenvalue weighted by atomic mass is 9.78. The van der Waals surface area contributed by atoms with Crippen LogP contribution in [0.1, 0.15) is 90.1 Å². The number of hydrogen-bond acceptors (Lipinski definition) is 3. The van der Waals surface area contributed by atoms with Gasteiger partial charge < -0.3 is 15.3 Å². The Labute approximate surface area is 253 Å². The molecule has 4 rings (SSSR count). The van der Waals surface area contributed by atoms with Crippen LogP contribution in [0.3, 0.4) is 0 Å². The molecule has 3 N–H and O–H groups in total. The smallest absolute Gasteiger partial charge is 0.121 e. The predicted octanol–water partition coefficient (Wildman–Crippen LogP) is 9.82. The minimum atomic E-state index is 0.391. The predicted molar refractivity (Wildman–Crippen MR) is 176 cm³/mol. The number of hydrogen-bond donors (Lipinski definition) is 3. The highest BCUT2D eigenvalue weighted by molar-refractivity contribution is 5.48. The molecule has 0 bridgehead atoms. The van der Waals surface area contributed by atoms with Crippen LogP contribution in [0.4, 0.5) is 0 Å². The van der Waals surface area contributed by atoms with E-state index in [-0.39, 0.29) is 0 Å². The van der Waals surface area contributed by atoms with Crippen LogP contribution in [0, 0.1) is 41.5 Å². The molecular formula is C39H48O3. The third-order valence-electron chi connectivity index (χ3n) is 9.15. The fraction of sp³-hybridized carbons (Fsp3) is 0.385. The fourth-order valence-electron chi connectivity index (χ4n) is 6.60. The second kappa shape index (κ2) is 12.7. The molecule has 0 radical (unpaired) electrons. The van der Waals surface area contributed by atoms with Gasteiger partial charge in [0.25, 0.3) is 0 Å². The van der Waals surface area contributed by atoms with Crippen molar-refractivity contribution in [3.8, 4) is 17.2 Å². The third-order valence-corrected chi connectivity index (χ3v) is 9.15. The van der Waals surface area contributed by atoms with Crippen molar-refractivity contribution in [1.29, 1.82) is 0 Å². The molecule has 0 heterocycles. The van der Waals surface area contributed by atoms with Crippen molar-refractivity contribution < 1.29 is 15.3 Å². The average Bonchev–Trinajstić information content (AvgIpc) is 2.92. The third kappa shape index (κ3) is 7.01. The molecule has 1 fully saturated rings. The standard InChI is InChI=1S/C39H48O3/c1-22(10-31-13-25(4)37(40)26(5)14-31)34-19-35(23(2)11-32-15-27(6)38(41)28(7)16-32)21-36(20-34)24(3)12-33-17-29(8)39(42)30(9)18-33/h13-18,40-42H,10-12,19-21H2,1-9H3. The van der Waals surface area contributed by atoms with E-state index in [1.54, 1.807) is 0 Å². The molecule has 1 aliphatic carbocycles. The molecule has 0 spiro atoms. The van der Waals surface area contributed by atoms with Gasteiger partial charge in [0.15, 0.2) is 0 Å². The first-order valence-corrected chi connectivity index (χ1v) is 15.1. The zero-order chi connectivity index (χ0) is 30.9. The lowest BCUT2D eigenvalue weighted by Gasteiger charge is -2.27. The SMILES string of the molecule is CC(Cc1cc(C)c(O)c(C)c1)=C1CC(=C(C)Cc2cc(C)c(O)c(C)c2)CC(=C(C)Cc2cc(C)c(O)c(C)c2)C1. The molecule has 42 heavy (non-hydrogen) atoms. The van der Waals surface area contributed by atoms with Crippen LogP contribution in [-0.4, -0.2) is 15.3 Å². The summed E-state index contributed by atoms with van der Waals surface area (Å²) < 4.78 is 0. The average molecular weight is 565 g/mol. The molecule has 3 aromatic rings. The van der Waals surface area contributed by atoms with Gasteiger partial charge in [-0.2, -0.15) is 0 Å². The number of rotatable bonds is 6. The minimum Gasteiger partial charge on any atom is -0.507 e. The number of aryl methyl sites for hydroxylation is 6. The van der Waals surface area contributed by atoms with Gasteiger partial charge in [-0.1, -0.05) is 69.8 Å². The summed E-state index contributed by atoms with van der Waals surface area (Å²) >= 11 is 0. The Morgan fingerprint density at radius 3 is 0.810 bits per heavy atom. The van der Waals surface area contributed by atoms with E-state index in [2.05, 4.69) is 57.2 Å². The van der Waals surface area contributed by atoms with Crippen molar-refractivity contribution >= 4 is 0 Å². The first-order valence-electron chi connectivity index (χ1n) is 15.1. The van der Waals surface area contributed by atoms with Crippen LogP contribution in [0.5, 0.6) is 17.2 Å². The molecule has 0 atom stereocenters. The Hall–Kier alpha value is -3.72. The topological polar surface area (TPSA) is 60.7 Å². The van der Waals surface area contributed by atoms with E-state index < -0.39 is 0 Å². The van der Waals surface area contributed by atoms with Gasteiger partial charge in [0, 0.05) is 0 Å². The lowest BCUT2D eigenvalue weighted by Crippen LogP contribution is -2.10. The summed E-state index contributed by atoms with van der Waals surface area (Å²) in [6.45, 7) is 18.7. The highest BCUT2D eigenvalue weighted by atomic mass is 16.3. The molecule has 3 aromatic carbocycles. The van der Waals surface area contributed by atoms with Gasteiger partial charge in [-0.3, -0.25) is 0 Å². The number of phenols is 3. The molecule has 0 aromatic heterocycles. The van der Waals surface area contributed by atoms with Crippen LogP contribution in [0.2, 0.25) is 0 Å². The Balaban J connectivity index is 1.73. The molecule has 0 saturated heterocycles. The number of phenolic OH excluding ortho intramolecular Hbond substituents is 3. The molecule has 3 nitrogen and oxygen atoms in total. The Bertz CT molecular complexity index is 1350. The second-order valence-corrected chi connectivity index (χ2v) is 12.9. The second-order valence-electron chi connectivity index (χ2n) is 12.9. The largest absolute Gasteiger partial charge is 0.507 e. The van der Waals surface area contributed by atoms with Gasteiger partial charge in [0.1, 0.15) is 17.2 Å². The Morgan fingerprint density at radius 1 is 0.429 bits per heavy atom. The van der Waals surface area contributed by atoms with E-state index in [0.717, 1.165) is 71.9 Å². The zero-order valence-electron chi connectivity index (χ0n) is 27.0. The van der Waals surface area contributed by atoms with Crippen LogP contribution in [0.15, 0.2) is 69.8 Å². The first kappa shape index (κ1) is 31.2. The Kier molecular flexibility index (Phi) is 9.40. The van der Waals surface area contributed by atoms with Crippen LogP contribution in [0.25, 0.3) is 0 Å². The monoisotopic (exact) mass is 564 g/mol.